The molecule has 2 rings (SSSR count). The quantitative estimate of drug-likeness (QED) is 0.894. The van der Waals surface area contributed by atoms with Gasteiger partial charge in [-0.1, -0.05) is 15.9 Å². The predicted molar refractivity (Wildman–Crippen MR) is 76.2 cm³/mol. The molecule has 2 N–H and O–H groups in total. The van der Waals surface area contributed by atoms with Crippen molar-refractivity contribution in [2.45, 2.75) is 25.3 Å². The second kappa shape index (κ2) is 5.44. The van der Waals surface area contributed by atoms with Crippen LogP contribution < -0.4 is 4.72 Å². The van der Waals surface area contributed by atoms with Crippen LogP contribution in [0.2, 0.25) is 0 Å². The van der Waals surface area contributed by atoms with Gasteiger partial charge in [-0.2, -0.15) is 5.10 Å². The highest BCUT2D eigenvalue weighted by Crippen LogP contribution is 2.20. The fourth-order valence-electron chi connectivity index (χ4n) is 1.59. The minimum atomic E-state index is -3.50. The molecule has 2 aromatic rings. The molecule has 1 heterocycles. The third-order valence-corrected chi connectivity index (χ3v) is 5.12. The van der Waals surface area contributed by atoms with Crippen molar-refractivity contribution in [1.29, 1.82) is 0 Å². The number of sulfonamides is 1. The molecule has 0 saturated carbocycles. The van der Waals surface area contributed by atoms with Gasteiger partial charge in [-0.25, -0.2) is 13.1 Å². The van der Waals surface area contributed by atoms with Crippen LogP contribution in [0, 0.1) is 13.8 Å². The smallest absolute Gasteiger partial charge is 0.240 e. The van der Waals surface area contributed by atoms with Crippen molar-refractivity contribution in [3.8, 4) is 0 Å². The molecule has 19 heavy (non-hydrogen) atoms. The minimum Gasteiger partial charge on any atom is -0.283 e. The van der Waals surface area contributed by atoms with Crippen molar-refractivity contribution in [3.63, 3.8) is 0 Å². The summed E-state index contributed by atoms with van der Waals surface area (Å²) in [5.41, 5.74) is 2.56. The van der Waals surface area contributed by atoms with Crippen LogP contribution in [0.5, 0.6) is 0 Å². The number of H-pyrrole nitrogens is 1. The summed E-state index contributed by atoms with van der Waals surface area (Å²) < 4.78 is 27.7. The Balaban J connectivity index is 2.18. The van der Waals surface area contributed by atoms with Gasteiger partial charge in [0.2, 0.25) is 10.0 Å². The lowest BCUT2D eigenvalue weighted by molar-refractivity contribution is 0.581. The van der Waals surface area contributed by atoms with Crippen LogP contribution in [-0.2, 0) is 16.6 Å². The molecule has 0 fully saturated rings. The van der Waals surface area contributed by atoms with Crippen molar-refractivity contribution in [3.05, 3.63) is 45.7 Å². The Kier molecular flexibility index (Phi) is 4.07. The fraction of sp³-hybridized carbons (Fsp3) is 0.250. The average molecular weight is 344 g/mol. The SMILES string of the molecule is Cc1cc(S(=O)(=O)NCc2cn[nH]c2C)ccc1Br. The maximum Gasteiger partial charge on any atom is 0.240 e. The molecule has 0 amide bonds. The first-order chi connectivity index (χ1) is 8.90. The Bertz CT molecular complexity index is 695. The number of halogens is 1. The number of nitrogens with zero attached hydrogens (tertiary/aromatic N) is 1. The van der Waals surface area contributed by atoms with Gasteiger partial charge in [-0.05, 0) is 37.6 Å². The summed E-state index contributed by atoms with van der Waals surface area (Å²) in [6.07, 6.45) is 1.62. The Labute approximate surface area is 120 Å². The highest BCUT2D eigenvalue weighted by Gasteiger charge is 2.15. The Hall–Kier alpha value is -1.18. The zero-order valence-electron chi connectivity index (χ0n) is 10.6. The van der Waals surface area contributed by atoms with Crippen molar-refractivity contribution in [2.24, 2.45) is 0 Å². The number of hydrogen-bond acceptors (Lipinski definition) is 3. The van der Waals surface area contributed by atoms with E-state index < -0.39 is 10.0 Å². The summed E-state index contributed by atoms with van der Waals surface area (Å²) in [6.45, 7) is 3.92. The van der Waals surface area contributed by atoms with Crippen LogP contribution in [-0.4, -0.2) is 18.6 Å². The van der Waals surface area contributed by atoms with Crippen LogP contribution in [0.15, 0.2) is 33.8 Å². The van der Waals surface area contributed by atoms with Gasteiger partial charge in [0, 0.05) is 22.3 Å². The lowest BCUT2D eigenvalue weighted by atomic mass is 10.2. The first-order valence-electron chi connectivity index (χ1n) is 5.65. The lowest BCUT2D eigenvalue weighted by Gasteiger charge is -2.07. The summed E-state index contributed by atoms with van der Waals surface area (Å²) in [4.78, 5) is 0.259. The van der Waals surface area contributed by atoms with Crippen LogP contribution in [0.4, 0.5) is 0 Å². The molecular formula is C12H14BrN3O2S. The van der Waals surface area contributed by atoms with Gasteiger partial charge in [-0.3, -0.25) is 5.10 Å². The fourth-order valence-corrected chi connectivity index (χ4v) is 2.93. The molecule has 0 radical (unpaired) electrons. The summed E-state index contributed by atoms with van der Waals surface area (Å²) in [5, 5.41) is 6.63. The van der Waals surface area contributed by atoms with E-state index in [4.69, 9.17) is 0 Å². The van der Waals surface area contributed by atoms with Gasteiger partial charge < -0.3 is 0 Å². The molecule has 0 aliphatic carbocycles. The second-order valence-electron chi connectivity index (χ2n) is 4.26. The van der Waals surface area contributed by atoms with Crippen molar-refractivity contribution in [1.82, 2.24) is 14.9 Å². The number of hydrogen-bond donors (Lipinski definition) is 2. The van der Waals surface area contributed by atoms with E-state index in [2.05, 4.69) is 30.8 Å². The number of aryl methyl sites for hydroxylation is 2. The minimum absolute atomic E-state index is 0.222. The molecule has 0 aliphatic rings. The van der Waals surface area contributed by atoms with E-state index in [9.17, 15) is 8.42 Å². The van der Waals surface area contributed by atoms with Crippen molar-refractivity contribution >= 4 is 26.0 Å². The molecular weight excluding hydrogens is 330 g/mol. The highest BCUT2D eigenvalue weighted by atomic mass is 79.9. The van der Waals surface area contributed by atoms with E-state index in [0.717, 1.165) is 21.3 Å². The zero-order chi connectivity index (χ0) is 14.0. The van der Waals surface area contributed by atoms with Gasteiger partial charge in [0.15, 0.2) is 0 Å². The van der Waals surface area contributed by atoms with Crippen molar-refractivity contribution in [2.75, 3.05) is 0 Å². The van der Waals surface area contributed by atoms with Gasteiger partial charge in [0.1, 0.15) is 0 Å². The molecule has 0 bridgehead atoms. The van der Waals surface area contributed by atoms with Crippen LogP contribution in [0.1, 0.15) is 16.8 Å². The first-order valence-corrected chi connectivity index (χ1v) is 7.92. The van der Waals surface area contributed by atoms with Crippen molar-refractivity contribution < 1.29 is 8.42 Å². The number of benzene rings is 1. The van der Waals surface area contributed by atoms with E-state index in [1.165, 1.54) is 0 Å². The summed E-state index contributed by atoms with van der Waals surface area (Å²) in [5.74, 6) is 0. The van der Waals surface area contributed by atoms with Gasteiger partial charge in [0.05, 0.1) is 11.1 Å². The normalized spacial score (nSPS) is 11.7. The number of aromatic nitrogens is 2. The van der Waals surface area contributed by atoms with Gasteiger partial charge in [-0.15, -0.1) is 0 Å². The molecule has 0 aliphatic heterocycles. The van der Waals surface area contributed by atoms with E-state index in [1.54, 1.807) is 24.4 Å². The van der Waals surface area contributed by atoms with E-state index in [0.29, 0.717) is 0 Å². The van der Waals surface area contributed by atoms with E-state index in [1.807, 2.05) is 13.8 Å². The molecule has 7 heteroatoms. The highest BCUT2D eigenvalue weighted by molar-refractivity contribution is 9.10. The molecule has 0 atom stereocenters. The van der Waals surface area contributed by atoms with E-state index >= 15 is 0 Å². The van der Waals surface area contributed by atoms with Crippen LogP contribution in [0.3, 0.4) is 0 Å². The van der Waals surface area contributed by atoms with Gasteiger partial charge >= 0.3 is 0 Å². The molecule has 5 nitrogen and oxygen atoms in total. The number of nitrogens with one attached hydrogen (secondary N) is 2. The predicted octanol–water partition coefficient (Wildman–Crippen LogP) is 2.27. The average Bonchev–Trinajstić information content (AvgIpc) is 2.76. The molecule has 1 aromatic heterocycles. The van der Waals surface area contributed by atoms with Gasteiger partial charge in [0.25, 0.3) is 0 Å². The Morgan fingerprint density at radius 3 is 2.68 bits per heavy atom. The molecule has 0 spiro atoms. The summed E-state index contributed by atoms with van der Waals surface area (Å²) in [7, 11) is -3.50. The number of aromatic amines is 1. The molecule has 1 aromatic carbocycles. The topological polar surface area (TPSA) is 74.8 Å². The lowest BCUT2D eigenvalue weighted by Crippen LogP contribution is -2.23. The molecule has 0 saturated heterocycles. The summed E-state index contributed by atoms with van der Waals surface area (Å²) in [6, 6.07) is 4.93. The zero-order valence-corrected chi connectivity index (χ0v) is 13.0. The van der Waals surface area contributed by atoms with Crippen LogP contribution in [0.25, 0.3) is 0 Å². The van der Waals surface area contributed by atoms with Crippen LogP contribution >= 0.6 is 15.9 Å². The second-order valence-corrected chi connectivity index (χ2v) is 6.88. The summed E-state index contributed by atoms with van der Waals surface area (Å²) >= 11 is 3.35. The number of rotatable bonds is 4. The third-order valence-electron chi connectivity index (χ3n) is 2.83. The Morgan fingerprint density at radius 2 is 2.11 bits per heavy atom. The first kappa shape index (κ1) is 14.2. The monoisotopic (exact) mass is 343 g/mol. The Morgan fingerprint density at radius 1 is 1.37 bits per heavy atom. The maximum absolute atomic E-state index is 12.1. The standard InChI is InChI=1S/C12H14BrN3O2S/c1-8-5-11(3-4-12(8)13)19(17,18)15-7-10-6-14-16-9(10)2/h3-6,15H,7H2,1-2H3,(H,14,16). The van der Waals surface area contributed by atoms with E-state index in [-0.39, 0.29) is 11.4 Å². The molecule has 102 valence electrons. The third kappa shape index (κ3) is 3.23. The largest absolute Gasteiger partial charge is 0.283 e. The maximum atomic E-state index is 12.1. The molecule has 0 unspecified atom stereocenters.